The van der Waals surface area contributed by atoms with E-state index >= 15 is 0 Å². The van der Waals surface area contributed by atoms with E-state index in [1.54, 1.807) is 20.3 Å². The topological polar surface area (TPSA) is 0 Å². The first-order chi connectivity index (χ1) is 6.39. The maximum atomic E-state index is 12.3. The van der Waals surface area contributed by atoms with E-state index in [4.69, 9.17) is 0 Å². The molecule has 0 fully saturated rings. The van der Waals surface area contributed by atoms with Crippen molar-refractivity contribution in [3.05, 3.63) is 41.9 Å². The quantitative estimate of drug-likeness (QED) is 0.639. The van der Waals surface area contributed by atoms with E-state index in [1.165, 1.54) is 6.07 Å². The molecule has 73 valence electrons. The predicted octanol–water partition coefficient (Wildman–Crippen LogP) is 2.57. The largest absolute Gasteiger partial charge is 0.416 e. The molecule has 1 aromatic rings. The second kappa shape index (κ2) is 3.90. The molecule has 14 heavy (non-hydrogen) atoms. The molecule has 0 spiro atoms. The standard InChI is InChI=1S/C10H9BF3/c1-7(2)11-9-5-3-4-8(6-9)10(12,13)14/h3-6H,1H2,2H3. The number of alkyl halides is 3. The molecule has 0 aliphatic heterocycles. The molecule has 0 aliphatic rings. The van der Waals surface area contributed by atoms with Crippen LogP contribution in [0.4, 0.5) is 13.2 Å². The summed E-state index contributed by atoms with van der Waals surface area (Å²) in [6.07, 6.45) is -4.28. The first-order valence-corrected chi connectivity index (χ1v) is 4.07. The Hall–Kier alpha value is -1.19. The summed E-state index contributed by atoms with van der Waals surface area (Å²) in [5.74, 6) is 0. The van der Waals surface area contributed by atoms with Crippen molar-refractivity contribution in [1.29, 1.82) is 0 Å². The highest BCUT2D eigenvalue weighted by Gasteiger charge is 2.30. The summed E-state index contributed by atoms with van der Waals surface area (Å²) in [5.41, 5.74) is 0.615. The Morgan fingerprint density at radius 2 is 2.00 bits per heavy atom. The number of benzene rings is 1. The lowest BCUT2D eigenvalue weighted by Crippen LogP contribution is -2.17. The van der Waals surface area contributed by atoms with Gasteiger partial charge in [0.2, 0.25) is 0 Å². The van der Waals surface area contributed by atoms with Gasteiger partial charge < -0.3 is 0 Å². The van der Waals surface area contributed by atoms with Gasteiger partial charge in [-0.1, -0.05) is 36.7 Å². The van der Waals surface area contributed by atoms with E-state index in [9.17, 15) is 13.2 Å². The van der Waals surface area contributed by atoms with Gasteiger partial charge in [0.25, 0.3) is 0 Å². The van der Waals surface area contributed by atoms with Crippen LogP contribution >= 0.6 is 0 Å². The van der Waals surface area contributed by atoms with Crippen LogP contribution in [0.3, 0.4) is 0 Å². The first kappa shape index (κ1) is 10.9. The van der Waals surface area contributed by atoms with Crippen molar-refractivity contribution >= 4 is 12.7 Å². The van der Waals surface area contributed by atoms with E-state index in [1.807, 2.05) is 0 Å². The van der Waals surface area contributed by atoms with Gasteiger partial charge in [-0.25, -0.2) is 0 Å². The highest BCUT2D eigenvalue weighted by molar-refractivity contribution is 6.60. The smallest absolute Gasteiger partial charge is 0.166 e. The Labute approximate surface area is 81.7 Å². The normalized spacial score (nSPS) is 11.1. The molecule has 1 radical (unpaired) electrons. The third-order valence-electron chi connectivity index (χ3n) is 1.63. The summed E-state index contributed by atoms with van der Waals surface area (Å²) in [5, 5.41) is 0. The van der Waals surface area contributed by atoms with Gasteiger partial charge in [-0.3, -0.25) is 0 Å². The van der Waals surface area contributed by atoms with Gasteiger partial charge in [0.05, 0.1) is 5.56 Å². The van der Waals surface area contributed by atoms with Crippen LogP contribution < -0.4 is 5.46 Å². The fourth-order valence-corrected chi connectivity index (χ4v) is 1.09. The highest BCUT2D eigenvalue weighted by Crippen LogP contribution is 2.27. The van der Waals surface area contributed by atoms with Crippen molar-refractivity contribution in [2.24, 2.45) is 0 Å². The molecule has 0 nitrogen and oxygen atoms in total. The van der Waals surface area contributed by atoms with Crippen LogP contribution in [0.5, 0.6) is 0 Å². The summed E-state index contributed by atoms with van der Waals surface area (Å²) < 4.78 is 36.8. The molecule has 1 aromatic carbocycles. The number of allylic oxidation sites excluding steroid dienone is 1. The summed E-state index contributed by atoms with van der Waals surface area (Å²) in [4.78, 5) is 0. The Bertz CT molecular complexity index is 341. The Kier molecular flexibility index (Phi) is 3.04. The first-order valence-electron chi connectivity index (χ1n) is 4.07. The summed E-state index contributed by atoms with van der Waals surface area (Å²) >= 11 is 0. The lowest BCUT2D eigenvalue weighted by Gasteiger charge is -2.07. The highest BCUT2D eigenvalue weighted by atomic mass is 19.4. The van der Waals surface area contributed by atoms with E-state index in [2.05, 4.69) is 6.58 Å². The number of rotatable bonds is 2. The molecule has 0 heterocycles. The minimum atomic E-state index is -4.28. The van der Waals surface area contributed by atoms with Crippen molar-refractivity contribution in [3.8, 4) is 0 Å². The zero-order valence-corrected chi connectivity index (χ0v) is 7.73. The number of hydrogen-bond donors (Lipinski definition) is 0. The predicted molar refractivity (Wildman–Crippen MR) is 51.6 cm³/mol. The molecule has 0 N–H and O–H groups in total. The fourth-order valence-electron chi connectivity index (χ4n) is 1.09. The van der Waals surface area contributed by atoms with Crippen molar-refractivity contribution in [3.63, 3.8) is 0 Å². The summed E-state index contributed by atoms with van der Waals surface area (Å²) in [6.45, 7) is 5.34. The van der Waals surface area contributed by atoms with Gasteiger partial charge in [-0.2, -0.15) is 13.2 Å². The number of halogens is 3. The van der Waals surface area contributed by atoms with E-state index in [0.717, 1.165) is 17.6 Å². The van der Waals surface area contributed by atoms with Gasteiger partial charge in [-0.15, -0.1) is 12.1 Å². The fraction of sp³-hybridized carbons (Fsp3) is 0.200. The van der Waals surface area contributed by atoms with Gasteiger partial charge in [-0.05, 0) is 0 Å². The minimum absolute atomic E-state index is 0.521. The summed E-state index contributed by atoms with van der Waals surface area (Å²) in [7, 11) is 1.61. The molecule has 0 bridgehead atoms. The molecule has 0 amide bonds. The average Bonchev–Trinajstić information content (AvgIpc) is 2.01. The van der Waals surface area contributed by atoms with Crippen molar-refractivity contribution in [2.75, 3.05) is 0 Å². The molecular formula is C10H9BF3. The number of hydrogen-bond acceptors (Lipinski definition) is 0. The Morgan fingerprint density at radius 1 is 1.36 bits per heavy atom. The molecule has 0 saturated carbocycles. The molecule has 0 unspecified atom stereocenters. The zero-order chi connectivity index (χ0) is 10.8. The van der Waals surface area contributed by atoms with Gasteiger partial charge in [0.15, 0.2) is 7.28 Å². The van der Waals surface area contributed by atoms with Crippen molar-refractivity contribution < 1.29 is 13.2 Å². The van der Waals surface area contributed by atoms with Crippen molar-refractivity contribution in [2.45, 2.75) is 13.1 Å². The monoisotopic (exact) mass is 197 g/mol. The van der Waals surface area contributed by atoms with Crippen molar-refractivity contribution in [1.82, 2.24) is 0 Å². The van der Waals surface area contributed by atoms with Crippen LogP contribution in [0.25, 0.3) is 0 Å². The van der Waals surface area contributed by atoms with Gasteiger partial charge in [0.1, 0.15) is 0 Å². The van der Waals surface area contributed by atoms with E-state index in [-0.39, 0.29) is 0 Å². The lowest BCUT2D eigenvalue weighted by atomic mass is 9.64. The van der Waals surface area contributed by atoms with Crippen LogP contribution in [-0.4, -0.2) is 7.28 Å². The van der Waals surface area contributed by atoms with E-state index in [0.29, 0.717) is 5.46 Å². The van der Waals surface area contributed by atoms with Crippen LogP contribution in [0.1, 0.15) is 12.5 Å². The zero-order valence-electron chi connectivity index (χ0n) is 7.73. The minimum Gasteiger partial charge on any atom is -0.166 e. The third-order valence-corrected chi connectivity index (χ3v) is 1.63. The van der Waals surface area contributed by atoms with Crippen LogP contribution in [0, 0.1) is 0 Å². The molecule has 4 heteroatoms. The average molecular weight is 197 g/mol. The Balaban J connectivity index is 2.95. The second-order valence-electron chi connectivity index (χ2n) is 3.11. The lowest BCUT2D eigenvalue weighted by molar-refractivity contribution is -0.137. The maximum Gasteiger partial charge on any atom is 0.416 e. The third kappa shape index (κ3) is 2.94. The molecule has 0 aromatic heterocycles. The molecule has 0 saturated heterocycles. The van der Waals surface area contributed by atoms with Crippen LogP contribution in [-0.2, 0) is 6.18 Å². The second-order valence-corrected chi connectivity index (χ2v) is 3.11. The maximum absolute atomic E-state index is 12.3. The molecule has 0 atom stereocenters. The van der Waals surface area contributed by atoms with Gasteiger partial charge in [0, 0.05) is 0 Å². The molecule has 0 aliphatic carbocycles. The molecule has 1 rings (SSSR count). The SMILES string of the molecule is C=C(C)[B]c1cccc(C(F)(F)F)c1. The van der Waals surface area contributed by atoms with Gasteiger partial charge >= 0.3 is 6.18 Å². The molecular weight excluding hydrogens is 188 g/mol. The van der Waals surface area contributed by atoms with E-state index < -0.39 is 11.7 Å². The van der Waals surface area contributed by atoms with Crippen LogP contribution in [0.2, 0.25) is 0 Å². The summed E-state index contributed by atoms with van der Waals surface area (Å²) in [6, 6.07) is 5.16. The van der Waals surface area contributed by atoms with Crippen LogP contribution in [0.15, 0.2) is 36.3 Å². The Morgan fingerprint density at radius 3 is 2.50 bits per heavy atom.